The zero-order valence-electron chi connectivity index (χ0n) is 25.2. The Morgan fingerprint density at radius 1 is 1.23 bits per heavy atom. The van der Waals surface area contributed by atoms with E-state index >= 15 is 0 Å². The Kier molecular flexibility index (Phi) is 13.9. The molecule has 2 fully saturated rings. The van der Waals surface area contributed by atoms with Crippen LogP contribution in [0.3, 0.4) is 0 Å². The van der Waals surface area contributed by atoms with Crippen molar-refractivity contribution >= 4 is 43.8 Å². The van der Waals surface area contributed by atoms with Crippen LogP contribution in [0.5, 0.6) is 0 Å². The van der Waals surface area contributed by atoms with Crippen molar-refractivity contribution < 1.29 is 73.6 Å². The number of nitrogen functional groups attached to an aromatic ring is 1. The SMILES string of the molecule is Nc1ccn([C@@H]2O[C@H](COP(=O)(O)C[C@@]3(C(=O)O)CC(O)[C@@H](NC(=O)CNC(=O)CCCS)C(C(O)[C@H](O)CO)O3)[C@H](O)[C@@H]2O)c(=O)n1. The first-order valence-corrected chi connectivity index (χ1v) is 16.9. The van der Waals surface area contributed by atoms with E-state index in [2.05, 4.69) is 28.2 Å². The fourth-order valence-electron chi connectivity index (χ4n) is 5.18. The van der Waals surface area contributed by atoms with E-state index < -0.39 is 124 Å². The first-order chi connectivity index (χ1) is 22.4. The van der Waals surface area contributed by atoms with Crippen LogP contribution in [0.25, 0.3) is 0 Å². The molecular formula is C25H40N5O16PS. The smallest absolute Gasteiger partial charge is 0.351 e. The van der Waals surface area contributed by atoms with Crippen molar-refractivity contribution in [3.8, 4) is 0 Å². The molecule has 2 aliphatic heterocycles. The van der Waals surface area contributed by atoms with Gasteiger partial charge in [0.2, 0.25) is 11.8 Å². The lowest BCUT2D eigenvalue weighted by Gasteiger charge is -2.47. The van der Waals surface area contributed by atoms with Crippen LogP contribution in [0.1, 0.15) is 25.5 Å². The number of carbonyl (C=O) groups is 3. The number of nitrogens with two attached hydrogens (primary N) is 1. The highest BCUT2D eigenvalue weighted by molar-refractivity contribution is 7.80. The first kappa shape index (κ1) is 39.7. The van der Waals surface area contributed by atoms with Gasteiger partial charge in [-0.05, 0) is 18.2 Å². The summed E-state index contributed by atoms with van der Waals surface area (Å²) in [6.45, 7) is -2.60. The molecule has 0 saturated carbocycles. The summed E-state index contributed by atoms with van der Waals surface area (Å²) in [7, 11) is -5.10. The molecule has 11 atom stereocenters. The zero-order chi connectivity index (χ0) is 36.0. The lowest BCUT2D eigenvalue weighted by Crippen LogP contribution is -2.68. The Morgan fingerprint density at radius 2 is 1.92 bits per heavy atom. The summed E-state index contributed by atoms with van der Waals surface area (Å²) in [5.41, 5.74) is 1.70. The Balaban J connectivity index is 1.76. The van der Waals surface area contributed by atoms with E-state index in [4.69, 9.17) is 19.7 Å². The lowest BCUT2D eigenvalue weighted by molar-refractivity contribution is -0.224. The number of hydrogen-bond acceptors (Lipinski definition) is 17. The van der Waals surface area contributed by atoms with Crippen molar-refractivity contribution in [1.29, 1.82) is 0 Å². The van der Waals surface area contributed by atoms with Crippen molar-refractivity contribution in [3.05, 3.63) is 22.7 Å². The second-order valence-corrected chi connectivity index (χ2v) is 13.6. The first-order valence-electron chi connectivity index (χ1n) is 14.5. The van der Waals surface area contributed by atoms with E-state index in [1.165, 1.54) is 6.07 Å². The summed E-state index contributed by atoms with van der Waals surface area (Å²) in [5.74, 6) is -3.04. The molecule has 3 heterocycles. The van der Waals surface area contributed by atoms with E-state index in [0.29, 0.717) is 12.2 Å². The van der Waals surface area contributed by atoms with Gasteiger partial charge in [0.1, 0.15) is 42.4 Å². The van der Waals surface area contributed by atoms with Crippen molar-refractivity contribution in [2.24, 2.45) is 0 Å². The molecule has 272 valence electrons. The van der Waals surface area contributed by atoms with Crippen molar-refractivity contribution in [2.75, 3.05) is 37.4 Å². The number of aromatic nitrogens is 2. The van der Waals surface area contributed by atoms with E-state index in [1.807, 2.05) is 0 Å². The fraction of sp³-hybridized carbons (Fsp3) is 0.720. The molecule has 0 aromatic carbocycles. The minimum atomic E-state index is -5.10. The molecular weight excluding hydrogens is 689 g/mol. The summed E-state index contributed by atoms with van der Waals surface area (Å²) in [6.07, 6.45) is -15.3. The number of anilines is 1. The molecule has 3 rings (SSSR count). The predicted octanol–water partition coefficient (Wildman–Crippen LogP) is -5.35. The Labute approximate surface area is 277 Å². The van der Waals surface area contributed by atoms with Crippen LogP contribution in [0, 0.1) is 0 Å². The molecule has 0 bridgehead atoms. The van der Waals surface area contributed by atoms with E-state index in [1.54, 1.807) is 0 Å². The fourth-order valence-corrected chi connectivity index (χ4v) is 6.79. The number of aliphatic hydroxyl groups is 6. The Morgan fingerprint density at radius 3 is 2.52 bits per heavy atom. The number of carbonyl (C=O) groups excluding carboxylic acids is 2. The number of nitrogens with one attached hydrogen (secondary N) is 2. The third kappa shape index (κ3) is 9.70. The summed E-state index contributed by atoms with van der Waals surface area (Å²) >= 11 is 3.98. The zero-order valence-corrected chi connectivity index (χ0v) is 27.0. The number of aliphatic hydroxyl groups excluding tert-OH is 6. The highest BCUT2D eigenvalue weighted by atomic mass is 32.1. The van der Waals surface area contributed by atoms with E-state index in [-0.39, 0.29) is 12.2 Å². The van der Waals surface area contributed by atoms with Gasteiger partial charge in [0.05, 0.1) is 38.1 Å². The van der Waals surface area contributed by atoms with Crippen LogP contribution in [-0.2, 0) is 32.9 Å². The highest BCUT2D eigenvalue weighted by Crippen LogP contribution is 2.49. The molecule has 48 heavy (non-hydrogen) atoms. The third-order valence-electron chi connectivity index (χ3n) is 7.67. The highest BCUT2D eigenvalue weighted by Gasteiger charge is 2.57. The van der Waals surface area contributed by atoms with Gasteiger partial charge in [-0.15, -0.1) is 0 Å². The van der Waals surface area contributed by atoms with Crippen LogP contribution < -0.4 is 22.1 Å². The van der Waals surface area contributed by atoms with E-state index in [9.17, 15) is 64.4 Å². The van der Waals surface area contributed by atoms with Crippen LogP contribution in [0.4, 0.5) is 5.82 Å². The van der Waals surface area contributed by atoms with Crippen LogP contribution >= 0.6 is 20.2 Å². The minimum absolute atomic E-state index is 0.0630. The number of aliphatic carboxylic acids is 1. The number of nitrogens with zero attached hydrogens (tertiary/aromatic N) is 2. The normalized spacial score (nSPS) is 31.4. The van der Waals surface area contributed by atoms with Gasteiger partial charge in [-0.3, -0.25) is 18.7 Å². The predicted molar refractivity (Wildman–Crippen MR) is 162 cm³/mol. The van der Waals surface area contributed by atoms with Crippen LogP contribution in [0.15, 0.2) is 17.1 Å². The monoisotopic (exact) mass is 729 g/mol. The molecule has 1 aromatic heterocycles. The van der Waals surface area contributed by atoms with Gasteiger partial charge in [-0.2, -0.15) is 17.6 Å². The number of hydrogen-bond donors (Lipinski definition) is 12. The van der Waals surface area contributed by atoms with Gasteiger partial charge in [0.15, 0.2) is 11.8 Å². The van der Waals surface area contributed by atoms with Gasteiger partial charge >= 0.3 is 19.3 Å². The van der Waals surface area contributed by atoms with Crippen molar-refractivity contribution in [2.45, 2.75) is 79.9 Å². The van der Waals surface area contributed by atoms with Gasteiger partial charge < -0.3 is 71.0 Å². The number of rotatable bonds is 16. The minimum Gasteiger partial charge on any atom is -0.479 e. The summed E-state index contributed by atoms with van der Waals surface area (Å²) in [5, 5.41) is 76.7. The van der Waals surface area contributed by atoms with E-state index in [0.717, 1.165) is 10.8 Å². The molecule has 0 spiro atoms. The molecule has 2 aliphatic rings. The largest absolute Gasteiger partial charge is 0.479 e. The number of ether oxygens (including phenoxy) is 2. The molecule has 4 unspecified atom stereocenters. The van der Waals surface area contributed by atoms with Gasteiger partial charge in [0, 0.05) is 19.0 Å². The van der Waals surface area contributed by atoms with Gasteiger partial charge in [0.25, 0.3) is 0 Å². The lowest BCUT2D eigenvalue weighted by atomic mass is 9.84. The second-order valence-electron chi connectivity index (χ2n) is 11.3. The van der Waals surface area contributed by atoms with Crippen molar-refractivity contribution in [1.82, 2.24) is 20.2 Å². The average molecular weight is 730 g/mol. The molecule has 23 heteroatoms. The maximum atomic E-state index is 13.2. The number of amides is 2. The maximum absolute atomic E-state index is 13.2. The molecule has 21 nitrogen and oxygen atoms in total. The summed E-state index contributed by atoms with van der Waals surface area (Å²) in [4.78, 5) is 63.3. The van der Waals surface area contributed by atoms with Crippen LogP contribution in [0.2, 0.25) is 0 Å². The number of carboxylic acid groups (broad SMARTS) is 1. The topological polar surface area (TPSA) is 343 Å². The number of thiol groups is 1. The molecule has 0 aliphatic carbocycles. The second kappa shape index (κ2) is 16.8. The molecule has 12 N–H and O–H groups in total. The molecule has 2 saturated heterocycles. The third-order valence-corrected chi connectivity index (χ3v) is 9.45. The quantitative estimate of drug-likeness (QED) is 0.0558. The standard InChI is InChI=1S/C25H40N5O16PS/c26-14-3-4-30(24(41)28-14)22-20(38)19(37)13(45-22)9-44-47(42,43)10-25(23(39)40)6-11(32)17(21(46-25)18(36)12(33)8-31)29-16(35)7-27-15(34)2-1-5-48/h3-4,11-13,17-22,31-33,36-38,48H,1-2,5-10H2,(H,27,34)(H,29,35)(H,39,40)(H,42,43)(H2,26,28,41)/t11?,12-,13-,17-,18?,19+,20+,21?,22-,25-/m1/s1. The van der Waals surface area contributed by atoms with Gasteiger partial charge in [-0.25, -0.2) is 9.59 Å². The number of carboxylic acids is 1. The van der Waals surface area contributed by atoms with Gasteiger partial charge in [-0.1, -0.05) is 0 Å². The Hall–Kier alpha value is -2.73. The molecule has 0 radical (unpaired) electrons. The summed E-state index contributed by atoms with van der Waals surface area (Å²) < 4.78 is 30.0. The van der Waals surface area contributed by atoms with Crippen molar-refractivity contribution in [3.63, 3.8) is 0 Å². The average Bonchev–Trinajstić information content (AvgIpc) is 3.30. The van der Waals surface area contributed by atoms with Crippen LogP contribution in [-0.4, -0.2) is 154 Å². The molecule has 1 aromatic rings. The maximum Gasteiger partial charge on any atom is 0.351 e. The molecule has 2 amide bonds. The Bertz CT molecular complexity index is 1410. The summed E-state index contributed by atoms with van der Waals surface area (Å²) in [6, 6.07) is -0.440.